The summed E-state index contributed by atoms with van der Waals surface area (Å²) in [6, 6.07) is 4.95. The number of carbonyl (C=O) groups is 1. The average Bonchev–Trinajstić information content (AvgIpc) is 3.01. The molecule has 1 aliphatic carbocycles. The van der Waals surface area contributed by atoms with Crippen LogP contribution in [0.1, 0.15) is 28.8 Å². The molecule has 1 amide bonds. The molecule has 1 aromatic rings. The summed E-state index contributed by atoms with van der Waals surface area (Å²) in [5.74, 6) is -0.677. The van der Waals surface area contributed by atoms with Gasteiger partial charge in [0.05, 0.1) is 0 Å². The molecule has 6 heteroatoms. The molecule has 0 bridgehead atoms. The summed E-state index contributed by atoms with van der Waals surface area (Å²) in [5.41, 5.74) is -1.10. The van der Waals surface area contributed by atoms with E-state index >= 15 is 0 Å². The van der Waals surface area contributed by atoms with Gasteiger partial charge in [-0.15, -0.1) is 0 Å². The topological polar surface area (TPSA) is 29.1 Å². The Balaban J connectivity index is 2.21. The van der Waals surface area contributed by atoms with Crippen molar-refractivity contribution < 1.29 is 18.0 Å². The van der Waals surface area contributed by atoms with E-state index in [0.29, 0.717) is 10.0 Å². The highest BCUT2D eigenvalue weighted by atomic mass is 79.9. The standard InChI is InChI=1S/C12H11BrF3NO/c1-7-2-3-8(13)6-9(7)10(18)17-11(4-5-11)12(14,15)16/h2-3,6H,4-5H2,1H3,(H,17,18). The van der Waals surface area contributed by atoms with Gasteiger partial charge in [0.1, 0.15) is 5.54 Å². The van der Waals surface area contributed by atoms with Gasteiger partial charge in [-0.05, 0) is 37.5 Å². The van der Waals surface area contributed by atoms with Crippen molar-refractivity contribution in [2.45, 2.75) is 31.5 Å². The van der Waals surface area contributed by atoms with Gasteiger partial charge in [0, 0.05) is 10.0 Å². The Morgan fingerprint density at radius 3 is 2.50 bits per heavy atom. The maximum atomic E-state index is 12.7. The van der Waals surface area contributed by atoms with Gasteiger partial charge in [-0.25, -0.2) is 0 Å². The maximum absolute atomic E-state index is 12.7. The molecule has 0 atom stereocenters. The molecule has 0 saturated heterocycles. The fourth-order valence-corrected chi connectivity index (χ4v) is 2.09. The van der Waals surface area contributed by atoms with Crippen molar-refractivity contribution in [3.63, 3.8) is 0 Å². The quantitative estimate of drug-likeness (QED) is 0.886. The number of hydrogen-bond acceptors (Lipinski definition) is 1. The van der Waals surface area contributed by atoms with Gasteiger partial charge in [0.25, 0.3) is 5.91 Å². The third-order valence-corrected chi connectivity index (χ3v) is 3.58. The minimum atomic E-state index is -4.39. The summed E-state index contributed by atoms with van der Waals surface area (Å²) in [6.45, 7) is 1.69. The number of amides is 1. The van der Waals surface area contributed by atoms with Crippen LogP contribution < -0.4 is 5.32 Å². The first-order valence-corrected chi connectivity index (χ1v) is 6.20. The first kappa shape index (κ1) is 13.4. The third-order valence-electron chi connectivity index (χ3n) is 3.09. The molecule has 1 aliphatic rings. The Hall–Kier alpha value is -1.04. The summed E-state index contributed by atoms with van der Waals surface area (Å²) in [7, 11) is 0. The van der Waals surface area contributed by atoms with Gasteiger partial charge in [-0.1, -0.05) is 22.0 Å². The molecule has 0 spiro atoms. The van der Waals surface area contributed by atoms with Gasteiger partial charge in [0.2, 0.25) is 0 Å². The fraction of sp³-hybridized carbons (Fsp3) is 0.417. The highest BCUT2D eigenvalue weighted by molar-refractivity contribution is 9.10. The van der Waals surface area contributed by atoms with Crippen molar-refractivity contribution in [2.75, 3.05) is 0 Å². The van der Waals surface area contributed by atoms with Gasteiger partial charge >= 0.3 is 6.18 Å². The summed E-state index contributed by atoms with van der Waals surface area (Å²) in [5, 5.41) is 2.11. The van der Waals surface area contributed by atoms with Gasteiger partial charge in [-0.2, -0.15) is 13.2 Å². The highest BCUT2D eigenvalue weighted by Gasteiger charge is 2.64. The highest BCUT2D eigenvalue weighted by Crippen LogP contribution is 2.49. The molecule has 2 nitrogen and oxygen atoms in total. The Morgan fingerprint density at radius 1 is 1.39 bits per heavy atom. The molecule has 1 N–H and O–H groups in total. The Kier molecular flexibility index (Phi) is 3.17. The van der Waals surface area contributed by atoms with E-state index in [1.54, 1.807) is 19.1 Å². The van der Waals surface area contributed by atoms with Crippen LogP contribution in [0.3, 0.4) is 0 Å². The lowest BCUT2D eigenvalue weighted by atomic mass is 10.1. The van der Waals surface area contributed by atoms with Crippen LogP contribution in [0.4, 0.5) is 13.2 Å². The third kappa shape index (κ3) is 2.39. The number of benzene rings is 1. The molecular formula is C12H11BrF3NO. The molecule has 1 aromatic carbocycles. The lowest BCUT2D eigenvalue weighted by molar-refractivity contribution is -0.163. The predicted octanol–water partition coefficient (Wildman–Crippen LogP) is 3.58. The zero-order chi connectivity index (χ0) is 13.6. The molecule has 1 fully saturated rings. The van der Waals surface area contributed by atoms with E-state index < -0.39 is 17.6 Å². The molecule has 0 heterocycles. The molecule has 0 unspecified atom stereocenters. The summed E-state index contributed by atoms with van der Waals surface area (Å²) >= 11 is 3.20. The second-order valence-corrected chi connectivity index (χ2v) is 5.41. The van der Waals surface area contributed by atoms with E-state index in [-0.39, 0.29) is 18.4 Å². The molecule has 0 aromatic heterocycles. The number of carbonyl (C=O) groups excluding carboxylic acids is 1. The van der Waals surface area contributed by atoms with Gasteiger partial charge in [0.15, 0.2) is 0 Å². The van der Waals surface area contributed by atoms with Crippen LogP contribution in [-0.4, -0.2) is 17.6 Å². The zero-order valence-electron chi connectivity index (χ0n) is 9.57. The van der Waals surface area contributed by atoms with Crippen LogP contribution >= 0.6 is 15.9 Å². The van der Waals surface area contributed by atoms with Crippen LogP contribution in [0, 0.1) is 6.92 Å². The minimum Gasteiger partial charge on any atom is -0.338 e. The van der Waals surface area contributed by atoms with Crippen molar-refractivity contribution in [2.24, 2.45) is 0 Å². The lowest BCUT2D eigenvalue weighted by Gasteiger charge is -2.21. The predicted molar refractivity (Wildman–Crippen MR) is 64.4 cm³/mol. The van der Waals surface area contributed by atoms with Crippen molar-refractivity contribution in [3.05, 3.63) is 33.8 Å². The van der Waals surface area contributed by atoms with Crippen LogP contribution in [-0.2, 0) is 0 Å². The number of halogens is 4. The van der Waals surface area contributed by atoms with Crippen LogP contribution in [0.5, 0.6) is 0 Å². The number of aryl methyl sites for hydroxylation is 1. The average molecular weight is 322 g/mol. The van der Waals surface area contributed by atoms with E-state index in [9.17, 15) is 18.0 Å². The van der Waals surface area contributed by atoms with Crippen molar-refractivity contribution in [1.29, 1.82) is 0 Å². The molecule has 0 aliphatic heterocycles. The lowest BCUT2D eigenvalue weighted by Crippen LogP contribution is -2.48. The molecule has 98 valence electrons. The van der Waals surface area contributed by atoms with Crippen molar-refractivity contribution in [1.82, 2.24) is 5.32 Å². The van der Waals surface area contributed by atoms with Crippen LogP contribution in [0.25, 0.3) is 0 Å². The number of hydrogen-bond donors (Lipinski definition) is 1. The normalized spacial score (nSPS) is 17.4. The summed E-state index contributed by atoms with van der Waals surface area (Å²) in [6.07, 6.45) is -4.48. The van der Waals surface area contributed by atoms with Gasteiger partial charge < -0.3 is 5.32 Å². The molecule has 0 radical (unpaired) electrons. The van der Waals surface area contributed by atoms with Crippen LogP contribution in [0.15, 0.2) is 22.7 Å². The van der Waals surface area contributed by atoms with E-state index in [1.807, 2.05) is 0 Å². The summed E-state index contributed by atoms with van der Waals surface area (Å²) < 4.78 is 38.8. The SMILES string of the molecule is Cc1ccc(Br)cc1C(=O)NC1(C(F)(F)F)CC1. The molecule has 1 saturated carbocycles. The smallest absolute Gasteiger partial charge is 0.338 e. The number of nitrogens with one attached hydrogen (secondary N) is 1. The van der Waals surface area contributed by atoms with E-state index in [0.717, 1.165) is 0 Å². The van der Waals surface area contributed by atoms with E-state index in [1.165, 1.54) is 6.07 Å². The van der Waals surface area contributed by atoms with Crippen LogP contribution in [0.2, 0.25) is 0 Å². The van der Waals surface area contributed by atoms with E-state index in [4.69, 9.17) is 0 Å². The number of alkyl halides is 3. The van der Waals surface area contributed by atoms with Gasteiger partial charge in [-0.3, -0.25) is 4.79 Å². The second kappa shape index (κ2) is 4.26. The Morgan fingerprint density at radius 2 is 2.00 bits per heavy atom. The first-order chi connectivity index (χ1) is 8.25. The second-order valence-electron chi connectivity index (χ2n) is 4.49. The van der Waals surface area contributed by atoms with E-state index in [2.05, 4.69) is 21.2 Å². The fourth-order valence-electron chi connectivity index (χ4n) is 1.73. The largest absolute Gasteiger partial charge is 0.411 e. The Labute approximate surface area is 111 Å². The minimum absolute atomic E-state index is 0.0463. The first-order valence-electron chi connectivity index (χ1n) is 5.41. The number of rotatable bonds is 2. The van der Waals surface area contributed by atoms with Crippen molar-refractivity contribution in [3.8, 4) is 0 Å². The van der Waals surface area contributed by atoms with Crippen molar-refractivity contribution >= 4 is 21.8 Å². The monoisotopic (exact) mass is 321 g/mol. The molecule has 2 rings (SSSR count). The molecule has 18 heavy (non-hydrogen) atoms. The molecular weight excluding hydrogens is 311 g/mol. The zero-order valence-corrected chi connectivity index (χ0v) is 11.2. The summed E-state index contributed by atoms with van der Waals surface area (Å²) in [4.78, 5) is 11.9. The maximum Gasteiger partial charge on any atom is 0.411 e. The Bertz CT molecular complexity index is 495.